The van der Waals surface area contributed by atoms with Gasteiger partial charge in [-0.15, -0.1) is 11.8 Å². The molecular formula is C16H15FN4O2S. The van der Waals surface area contributed by atoms with E-state index >= 15 is 0 Å². The van der Waals surface area contributed by atoms with E-state index in [0.29, 0.717) is 23.0 Å². The third-order valence-corrected chi connectivity index (χ3v) is 4.55. The van der Waals surface area contributed by atoms with Crippen LogP contribution in [0.15, 0.2) is 36.7 Å². The summed E-state index contributed by atoms with van der Waals surface area (Å²) in [6.45, 7) is 1.78. The van der Waals surface area contributed by atoms with Gasteiger partial charge in [-0.1, -0.05) is 6.07 Å². The molecule has 1 aromatic carbocycles. The molecule has 1 aliphatic heterocycles. The van der Waals surface area contributed by atoms with Crippen molar-refractivity contribution in [3.05, 3.63) is 53.9 Å². The quantitative estimate of drug-likeness (QED) is 0.921. The van der Waals surface area contributed by atoms with E-state index < -0.39 is 11.9 Å². The van der Waals surface area contributed by atoms with Crippen molar-refractivity contribution in [2.24, 2.45) is 0 Å². The van der Waals surface area contributed by atoms with E-state index in [-0.39, 0.29) is 17.5 Å². The van der Waals surface area contributed by atoms with Gasteiger partial charge in [-0.05, 0) is 25.1 Å². The van der Waals surface area contributed by atoms with Gasteiger partial charge >= 0.3 is 0 Å². The van der Waals surface area contributed by atoms with E-state index in [1.165, 1.54) is 47.3 Å². The van der Waals surface area contributed by atoms with Crippen LogP contribution >= 0.6 is 11.8 Å². The van der Waals surface area contributed by atoms with Gasteiger partial charge in [-0.25, -0.2) is 9.37 Å². The summed E-state index contributed by atoms with van der Waals surface area (Å²) in [5.41, 5.74) is 1.27. The molecule has 6 nitrogen and oxygen atoms in total. The number of carbonyl (C=O) groups excluding carboxylic acids is 2. The van der Waals surface area contributed by atoms with Gasteiger partial charge in [0, 0.05) is 17.6 Å². The van der Waals surface area contributed by atoms with E-state index in [4.69, 9.17) is 0 Å². The van der Waals surface area contributed by atoms with Crippen LogP contribution in [0.25, 0.3) is 0 Å². The second kappa shape index (κ2) is 6.96. The number of thioether (sulfide) groups is 1. The molecule has 0 bridgehead atoms. The highest BCUT2D eigenvalue weighted by atomic mass is 32.2. The standard InChI is InChI=1S/C16H15FN4O2S/c1-10-6-19-13(7-18-10)16(23)21-9-24-8-14(21)15(22)20-12-4-2-3-11(17)5-12/h2-7,14H,8-9H2,1H3,(H,20,22). The fourth-order valence-corrected chi connectivity index (χ4v) is 3.46. The van der Waals surface area contributed by atoms with Crippen LogP contribution < -0.4 is 5.32 Å². The van der Waals surface area contributed by atoms with Crippen LogP contribution in [-0.4, -0.2) is 44.4 Å². The first kappa shape index (κ1) is 16.4. The maximum Gasteiger partial charge on any atom is 0.275 e. The minimum atomic E-state index is -0.631. The summed E-state index contributed by atoms with van der Waals surface area (Å²) in [6.07, 6.45) is 2.92. The Hall–Kier alpha value is -2.48. The zero-order valence-electron chi connectivity index (χ0n) is 12.9. The fraction of sp³-hybridized carbons (Fsp3) is 0.250. The number of amides is 2. The highest BCUT2D eigenvalue weighted by molar-refractivity contribution is 7.99. The van der Waals surface area contributed by atoms with Gasteiger partial charge in [0.05, 0.1) is 17.8 Å². The van der Waals surface area contributed by atoms with Gasteiger partial charge in [0.1, 0.15) is 17.6 Å². The van der Waals surface area contributed by atoms with Gasteiger partial charge in [-0.2, -0.15) is 0 Å². The summed E-state index contributed by atoms with van der Waals surface area (Å²) in [7, 11) is 0. The minimum Gasteiger partial charge on any atom is -0.324 e. The molecule has 1 N–H and O–H groups in total. The molecule has 8 heteroatoms. The average Bonchev–Trinajstić information content (AvgIpc) is 3.04. The van der Waals surface area contributed by atoms with E-state index in [9.17, 15) is 14.0 Å². The molecule has 1 aliphatic rings. The van der Waals surface area contributed by atoms with Crippen molar-refractivity contribution >= 4 is 29.3 Å². The van der Waals surface area contributed by atoms with Crippen molar-refractivity contribution in [3.8, 4) is 0 Å². The summed E-state index contributed by atoms with van der Waals surface area (Å²) in [6, 6.07) is 5.01. The number of benzene rings is 1. The van der Waals surface area contributed by atoms with Gasteiger partial charge in [0.2, 0.25) is 5.91 Å². The maximum absolute atomic E-state index is 13.2. The molecule has 2 amide bonds. The van der Waals surface area contributed by atoms with Crippen molar-refractivity contribution in [2.75, 3.05) is 16.9 Å². The number of aryl methyl sites for hydroxylation is 1. The summed E-state index contributed by atoms with van der Waals surface area (Å²) in [5.74, 6) is -0.246. The van der Waals surface area contributed by atoms with E-state index in [0.717, 1.165) is 0 Å². The lowest BCUT2D eigenvalue weighted by atomic mass is 10.2. The molecule has 2 heterocycles. The number of rotatable bonds is 3. The van der Waals surface area contributed by atoms with Crippen molar-refractivity contribution < 1.29 is 14.0 Å². The third kappa shape index (κ3) is 3.53. The first-order valence-corrected chi connectivity index (χ1v) is 8.44. The Balaban J connectivity index is 1.73. The van der Waals surface area contributed by atoms with Gasteiger partial charge in [0.25, 0.3) is 5.91 Å². The lowest BCUT2D eigenvalue weighted by Crippen LogP contribution is -2.44. The molecule has 0 saturated carbocycles. The van der Waals surface area contributed by atoms with Crippen molar-refractivity contribution in [1.82, 2.24) is 14.9 Å². The largest absolute Gasteiger partial charge is 0.324 e. The van der Waals surface area contributed by atoms with Crippen LogP contribution in [0.1, 0.15) is 16.2 Å². The highest BCUT2D eigenvalue weighted by Gasteiger charge is 2.35. The SMILES string of the molecule is Cc1cnc(C(=O)N2CSCC2C(=O)Nc2cccc(F)c2)cn1. The average molecular weight is 346 g/mol. The molecule has 1 atom stereocenters. The molecule has 0 spiro atoms. The molecule has 0 aliphatic carbocycles. The maximum atomic E-state index is 13.2. The molecule has 124 valence electrons. The normalized spacial score (nSPS) is 16.9. The lowest BCUT2D eigenvalue weighted by Gasteiger charge is -2.22. The molecule has 0 radical (unpaired) electrons. The first-order valence-electron chi connectivity index (χ1n) is 7.28. The number of halogens is 1. The molecule has 1 fully saturated rings. The Kier molecular flexibility index (Phi) is 4.75. The van der Waals surface area contributed by atoms with E-state index in [1.807, 2.05) is 0 Å². The topological polar surface area (TPSA) is 75.2 Å². The van der Waals surface area contributed by atoms with Crippen LogP contribution in [0, 0.1) is 12.7 Å². The number of carbonyl (C=O) groups is 2. The summed E-state index contributed by atoms with van der Waals surface area (Å²) < 4.78 is 13.2. The van der Waals surface area contributed by atoms with Crippen LogP contribution in [0.3, 0.4) is 0 Å². The number of hydrogen-bond donors (Lipinski definition) is 1. The zero-order valence-corrected chi connectivity index (χ0v) is 13.7. The Morgan fingerprint density at radius 2 is 2.17 bits per heavy atom. The first-order chi connectivity index (χ1) is 11.5. The van der Waals surface area contributed by atoms with Crippen molar-refractivity contribution in [3.63, 3.8) is 0 Å². The summed E-state index contributed by atoms with van der Waals surface area (Å²) in [5, 5.41) is 2.65. The number of nitrogens with one attached hydrogen (secondary N) is 1. The predicted octanol–water partition coefficient (Wildman–Crippen LogP) is 2.08. The van der Waals surface area contributed by atoms with Crippen molar-refractivity contribution in [2.45, 2.75) is 13.0 Å². The number of anilines is 1. The Bertz CT molecular complexity index is 769. The lowest BCUT2D eigenvalue weighted by molar-refractivity contribution is -0.119. The zero-order chi connectivity index (χ0) is 17.1. The number of aromatic nitrogens is 2. The second-order valence-corrected chi connectivity index (χ2v) is 6.33. The molecule has 1 saturated heterocycles. The molecule has 2 aromatic rings. The molecular weight excluding hydrogens is 331 g/mol. The second-order valence-electron chi connectivity index (χ2n) is 5.33. The van der Waals surface area contributed by atoms with Crippen LogP contribution in [0.2, 0.25) is 0 Å². The van der Waals surface area contributed by atoms with Gasteiger partial charge in [0.15, 0.2) is 0 Å². The third-order valence-electron chi connectivity index (χ3n) is 3.54. The fourth-order valence-electron chi connectivity index (χ4n) is 2.30. The highest BCUT2D eigenvalue weighted by Crippen LogP contribution is 2.24. The van der Waals surface area contributed by atoms with Crippen LogP contribution in [0.4, 0.5) is 10.1 Å². The van der Waals surface area contributed by atoms with Crippen LogP contribution in [-0.2, 0) is 4.79 Å². The molecule has 1 aromatic heterocycles. The van der Waals surface area contributed by atoms with Crippen molar-refractivity contribution in [1.29, 1.82) is 0 Å². The molecule has 1 unspecified atom stereocenters. The summed E-state index contributed by atoms with van der Waals surface area (Å²) in [4.78, 5) is 34.6. The Labute approximate surface area is 142 Å². The Morgan fingerprint density at radius 3 is 2.88 bits per heavy atom. The molecule has 3 rings (SSSR count). The Morgan fingerprint density at radius 1 is 1.33 bits per heavy atom. The monoisotopic (exact) mass is 346 g/mol. The number of nitrogens with zero attached hydrogens (tertiary/aromatic N) is 3. The number of hydrogen-bond acceptors (Lipinski definition) is 5. The van der Waals surface area contributed by atoms with E-state index in [2.05, 4.69) is 15.3 Å². The van der Waals surface area contributed by atoms with Gasteiger partial charge < -0.3 is 10.2 Å². The minimum absolute atomic E-state index is 0.201. The smallest absolute Gasteiger partial charge is 0.275 e. The van der Waals surface area contributed by atoms with Crippen LogP contribution in [0.5, 0.6) is 0 Å². The molecule has 24 heavy (non-hydrogen) atoms. The summed E-state index contributed by atoms with van der Waals surface area (Å²) >= 11 is 1.48. The van der Waals surface area contributed by atoms with Gasteiger partial charge in [-0.3, -0.25) is 14.6 Å². The van der Waals surface area contributed by atoms with E-state index in [1.54, 1.807) is 13.0 Å². The predicted molar refractivity (Wildman–Crippen MR) is 89.1 cm³/mol.